The molecule has 0 saturated carbocycles. The summed E-state index contributed by atoms with van der Waals surface area (Å²) in [5.41, 5.74) is 0.441. The molecule has 21 heavy (non-hydrogen) atoms. The van der Waals surface area contributed by atoms with Crippen LogP contribution in [0.25, 0.3) is 0 Å². The number of rotatable bonds is 6. The molecule has 0 amide bonds. The summed E-state index contributed by atoms with van der Waals surface area (Å²) >= 11 is 1.22. The summed E-state index contributed by atoms with van der Waals surface area (Å²) in [7, 11) is 0. The maximum Gasteiger partial charge on any atom is 0.306 e. The van der Waals surface area contributed by atoms with Crippen LogP contribution in [-0.2, 0) is 16.0 Å². The molecule has 1 N–H and O–H groups in total. The van der Waals surface area contributed by atoms with E-state index in [0.29, 0.717) is 23.9 Å². The van der Waals surface area contributed by atoms with E-state index in [-0.39, 0.29) is 18.1 Å². The Morgan fingerprint density at radius 1 is 1.38 bits per heavy atom. The standard InChI is InChI=1S/C14H14F2N2O2S/c1-2-20-12(19)7-6-9-8-21-14(17-9)18-13-10(15)4-3-5-11(13)16/h3-5,8H,2,6-7H2,1H3,(H,17,18). The second-order valence-corrected chi connectivity index (χ2v) is 5.03. The second-order valence-electron chi connectivity index (χ2n) is 4.17. The maximum absolute atomic E-state index is 13.5. The number of esters is 1. The van der Waals surface area contributed by atoms with Crippen molar-refractivity contribution in [2.24, 2.45) is 0 Å². The van der Waals surface area contributed by atoms with Gasteiger partial charge in [0.15, 0.2) is 5.13 Å². The summed E-state index contributed by atoms with van der Waals surface area (Å²) in [6, 6.07) is 3.63. The Balaban J connectivity index is 1.99. The summed E-state index contributed by atoms with van der Waals surface area (Å²) < 4.78 is 31.8. The lowest BCUT2D eigenvalue weighted by Crippen LogP contribution is -2.05. The van der Waals surface area contributed by atoms with E-state index in [1.165, 1.54) is 29.5 Å². The van der Waals surface area contributed by atoms with Crippen LogP contribution in [0, 0.1) is 11.6 Å². The van der Waals surface area contributed by atoms with Crippen molar-refractivity contribution in [3.8, 4) is 0 Å². The van der Waals surface area contributed by atoms with Crippen LogP contribution in [0.5, 0.6) is 0 Å². The fraction of sp³-hybridized carbons (Fsp3) is 0.286. The van der Waals surface area contributed by atoms with E-state index < -0.39 is 11.6 Å². The van der Waals surface area contributed by atoms with Gasteiger partial charge >= 0.3 is 5.97 Å². The third-order valence-electron chi connectivity index (χ3n) is 2.64. The van der Waals surface area contributed by atoms with Gasteiger partial charge in [0.2, 0.25) is 0 Å². The van der Waals surface area contributed by atoms with Gasteiger partial charge in [-0.3, -0.25) is 4.79 Å². The van der Waals surface area contributed by atoms with Gasteiger partial charge in [-0.15, -0.1) is 11.3 Å². The summed E-state index contributed by atoms with van der Waals surface area (Å²) in [5, 5.41) is 4.72. The molecule has 1 aromatic heterocycles. The Morgan fingerprint density at radius 3 is 2.76 bits per heavy atom. The molecule has 112 valence electrons. The molecule has 4 nitrogen and oxygen atoms in total. The van der Waals surface area contributed by atoms with Crippen molar-refractivity contribution in [1.29, 1.82) is 0 Å². The third kappa shape index (κ3) is 4.22. The van der Waals surface area contributed by atoms with E-state index in [1.54, 1.807) is 12.3 Å². The lowest BCUT2D eigenvalue weighted by atomic mass is 10.2. The largest absolute Gasteiger partial charge is 0.466 e. The molecule has 1 heterocycles. The molecular weight excluding hydrogens is 298 g/mol. The molecule has 0 saturated heterocycles. The number of para-hydroxylation sites is 1. The molecule has 0 bridgehead atoms. The van der Waals surface area contributed by atoms with Crippen LogP contribution < -0.4 is 5.32 Å². The molecule has 0 unspecified atom stereocenters. The molecule has 1 aromatic carbocycles. The highest BCUT2D eigenvalue weighted by Crippen LogP contribution is 2.25. The number of nitrogens with one attached hydrogen (secondary N) is 1. The van der Waals surface area contributed by atoms with Gasteiger partial charge in [-0.2, -0.15) is 0 Å². The molecule has 0 spiro atoms. The van der Waals surface area contributed by atoms with E-state index in [1.807, 2.05) is 0 Å². The van der Waals surface area contributed by atoms with E-state index in [4.69, 9.17) is 4.74 Å². The molecular formula is C14H14F2N2O2S. The highest BCUT2D eigenvalue weighted by molar-refractivity contribution is 7.13. The van der Waals surface area contributed by atoms with Crippen LogP contribution in [0.15, 0.2) is 23.6 Å². The monoisotopic (exact) mass is 312 g/mol. The van der Waals surface area contributed by atoms with Crippen molar-refractivity contribution in [3.05, 3.63) is 40.9 Å². The van der Waals surface area contributed by atoms with Gasteiger partial charge in [-0.05, 0) is 19.1 Å². The summed E-state index contributed by atoms with van der Waals surface area (Å²) in [4.78, 5) is 15.4. The number of carbonyl (C=O) groups is 1. The lowest BCUT2D eigenvalue weighted by molar-refractivity contribution is -0.143. The minimum absolute atomic E-state index is 0.227. The van der Waals surface area contributed by atoms with Gasteiger partial charge < -0.3 is 10.1 Å². The number of hydrogen-bond donors (Lipinski definition) is 1. The average Bonchev–Trinajstić information content (AvgIpc) is 2.89. The Hall–Kier alpha value is -2.02. The number of carbonyl (C=O) groups excluding carboxylic acids is 1. The molecule has 2 aromatic rings. The van der Waals surface area contributed by atoms with Gasteiger partial charge in [0.25, 0.3) is 0 Å². The Labute approximate surface area is 124 Å². The molecule has 7 heteroatoms. The SMILES string of the molecule is CCOC(=O)CCc1csc(Nc2c(F)cccc2F)n1. The van der Waals surface area contributed by atoms with Gasteiger partial charge in [0, 0.05) is 11.8 Å². The molecule has 0 aliphatic rings. The fourth-order valence-electron chi connectivity index (χ4n) is 1.67. The Morgan fingerprint density at radius 2 is 2.10 bits per heavy atom. The third-order valence-corrected chi connectivity index (χ3v) is 3.44. The van der Waals surface area contributed by atoms with Gasteiger partial charge in [0.1, 0.15) is 17.3 Å². The van der Waals surface area contributed by atoms with Crippen LogP contribution in [0.2, 0.25) is 0 Å². The van der Waals surface area contributed by atoms with Crippen LogP contribution >= 0.6 is 11.3 Å². The van der Waals surface area contributed by atoms with Crippen molar-refractivity contribution in [2.75, 3.05) is 11.9 Å². The predicted molar refractivity (Wildman–Crippen MR) is 76.7 cm³/mol. The van der Waals surface area contributed by atoms with Gasteiger partial charge in [-0.1, -0.05) is 6.07 Å². The number of aryl methyl sites for hydroxylation is 1. The molecule has 0 atom stereocenters. The minimum Gasteiger partial charge on any atom is -0.466 e. The number of aromatic nitrogens is 1. The smallest absolute Gasteiger partial charge is 0.306 e. The lowest BCUT2D eigenvalue weighted by Gasteiger charge is -2.05. The number of hydrogen-bond acceptors (Lipinski definition) is 5. The first-order valence-electron chi connectivity index (χ1n) is 6.41. The van der Waals surface area contributed by atoms with E-state index in [9.17, 15) is 13.6 Å². The van der Waals surface area contributed by atoms with Crippen molar-refractivity contribution in [2.45, 2.75) is 19.8 Å². The van der Waals surface area contributed by atoms with E-state index in [2.05, 4.69) is 10.3 Å². The molecule has 0 aliphatic carbocycles. The van der Waals surface area contributed by atoms with Crippen LogP contribution in [-0.4, -0.2) is 17.6 Å². The molecule has 0 fully saturated rings. The van der Waals surface area contributed by atoms with Gasteiger partial charge in [-0.25, -0.2) is 13.8 Å². The first-order valence-corrected chi connectivity index (χ1v) is 7.29. The number of thiazole rings is 1. The first-order chi connectivity index (χ1) is 10.1. The zero-order valence-electron chi connectivity index (χ0n) is 11.4. The molecule has 0 aliphatic heterocycles. The minimum atomic E-state index is -0.682. The summed E-state index contributed by atoms with van der Waals surface area (Å²) in [6.45, 7) is 2.08. The number of halogens is 2. The zero-order valence-corrected chi connectivity index (χ0v) is 12.2. The number of ether oxygens (including phenoxy) is 1. The van der Waals surface area contributed by atoms with E-state index >= 15 is 0 Å². The number of anilines is 2. The Kier molecular flexibility index (Phi) is 5.21. The zero-order chi connectivity index (χ0) is 15.2. The molecule has 0 radical (unpaired) electrons. The first kappa shape index (κ1) is 15.4. The van der Waals surface area contributed by atoms with Crippen molar-refractivity contribution in [3.63, 3.8) is 0 Å². The topological polar surface area (TPSA) is 51.2 Å². The quantitative estimate of drug-likeness (QED) is 0.827. The maximum atomic E-state index is 13.5. The second kappa shape index (κ2) is 7.12. The van der Waals surface area contributed by atoms with Crippen molar-refractivity contribution < 1.29 is 18.3 Å². The summed E-state index contributed by atoms with van der Waals surface area (Å²) in [5.74, 6) is -1.66. The van der Waals surface area contributed by atoms with Crippen molar-refractivity contribution in [1.82, 2.24) is 4.98 Å². The highest BCUT2D eigenvalue weighted by Gasteiger charge is 2.11. The highest BCUT2D eigenvalue weighted by atomic mass is 32.1. The average molecular weight is 312 g/mol. The normalized spacial score (nSPS) is 10.4. The van der Waals surface area contributed by atoms with Gasteiger partial charge in [0.05, 0.1) is 18.7 Å². The van der Waals surface area contributed by atoms with Crippen LogP contribution in [0.3, 0.4) is 0 Å². The number of nitrogens with zero attached hydrogens (tertiary/aromatic N) is 1. The van der Waals surface area contributed by atoms with Crippen LogP contribution in [0.4, 0.5) is 19.6 Å². The summed E-state index contributed by atoms with van der Waals surface area (Å²) in [6.07, 6.45) is 0.655. The van der Waals surface area contributed by atoms with Crippen molar-refractivity contribution >= 4 is 28.1 Å². The van der Waals surface area contributed by atoms with E-state index in [0.717, 1.165) is 0 Å². The Bertz CT molecular complexity index is 611. The predicted octanol–water partition coefficient (Wildman–Crippen LogP) is 3.66. The fourth-order valence-corrected chi connectivity index (χ4v) is 2.42. The number of benzene rings is 1. The van der Waals surface area contributed by atoms with Crippen LogP contribution in [0.1, 0.15) is 19.0 Å². The molecule has 2 rings (SSSR count).